The Kier molecular flexibility index (Phi) is 37.4. The minimum Gasteiger partial charge on any atom is -0.460 e. The molecule has 20 aliphatic carbocycles. The van der Waals surface area contributed by atoms with Crippen LogP contribution in [0.1, 0.15) is 334 Å². The van der Waals surface area contributed by atoms with Gasteiger partial charge >= 0.3 is 47.2 Å². The molecule has 0 heterocycles. The summed E-state index contributed by atoms with van der Waals surface area (Å²) >= 11 is 16.5. The average molecular weight is 2090 g/mol. The molecule has 0 N–H and O–H groups in total. The van der Waals surface area contributed by atoms with Crippen LogP contribution in [-0.2, 0) is 69.8 Å². The summed E-state index contributed by atoms with van der Waals surface area (Å²) in [7, 11) is 2.30. The predicted octanol–water partition coefficient (Wildman–Crippen LogP) is 28.6. The van der Waals surface area contributed by atoms with E-state index in [1.165, 1.54) is 128 Å². The van der Waals surface area contributed by atoms with Crippen LogP contribution < -0.4 is 0 Å². The monoisotopic (exact) mass is 2090 g/mol. The van der Waals surface area contributed by atoms with Crippen molar-refractivity contribution in [3.05, 3.63) is 0 Å². The normalized spacial score (nSPS) is 41.2. The maximum atomic E-state index is 12.7. The first-order chi connectivity index (χ1) is 63.7. The summed E-state index contributed by atoms with van der Waals surface area (Å²) in [6, 6.07) is 0. The van der Waals surface area contributed by atoms with Crippen LogP contribution in [0.5, 0.6) is 0 Å². The summed E-state index contributed by atoms with van der Waals surface area (Å²) in [6.45, 7) is 73.2. The summed E-state index contributed by atoms with van der Waals surface area (Å²) in [5, 5.41) is 0. The number of fused-ring (bicyclic) bond motifs is 45. The van der Waals surface area contributed by atoms with Gasteiger partial charge in [-0.05, 0) is 579 Å². The Hall–Kier alpha value is -0.976. The molecule has 25 heteroatoms. The number of hydrogen-bond acceptors (Lipinski definition) is 17. The minimum atomic E-state index is -2.25. The Bertz CT molecular complexity index is 3580. The van der Waals surface area contributed by atoms with Gasteiger partial charge < -0.3 is 54.9 Å². The zero-order valence-electron chi connectivity index (χ0n) is 95.7. The van der Waals surface area contributed by atoms with Gasteiger partial charge in [0.2, 0.25) is 6.69 Å². The van der Waals surface area contributed by atoms with E-state index in [0.717, 1.165) is 193 Å². The number of esters is 5. The smallest absolute Gasteiger partial charge is 0.460 e. The van der Waals surface area contributed by atoms with Gasteiger partial charge in [0.15, 0.2) is 8.40 Å². The number of ether oxygens (including phenoxy) is 5. The lowest BCUT2D eigenvalue weighted by atomic mass is 9.61. The molecule has 139 heavy (non-hydrogen) atoms. The van der Waals surface area contributed by atoms with Crippen LogP contribution in [-0.4, -0.2) is 168 Å². The Morgan fingerprint density at radius 2 is 0.410 bits per heavy atom. The highest BCUT2D eigenvalue weighted by Crippen LogP contribution is 2.78. The standard InChI is InChI=1S/5C18H28O2.C7H18O3Si.C6H18N2Si.C6H16O2Si.C3H9ClSi.C2H6Cl2Si/c5*1-17(2,3)20-16(19)18(4)9-12-8-13(18)15-11-6-5-10(7-11)14(12)15;1-5-8-11(4,9-6-2)10-7-3;1-7(2)9(5,6)8(3)4;1-5-7-9(3,4)8-6-2;2*1-5(2,3)4/h5*10-15H,5-9H2,1-4H3;5-7H2,1-4H3;1-6H3;5-6H2,1-4H3;1-3H3;1-2H3. The molecular weight excluding hydrogens is 1880 g/mol. The second kappa shape index (κ2) is 44.0. The van der Waals surface area contributed by atoms with E-state index in [1.807, 2.05) is 158 Å². The van der Waals surface area contributed by atoms with Crippen LogP contribution in [0, 0.1) is 205 Å². The molecule has 0 amide bonds. The van der Waals surface area contributed by atoms with Crippen molar-refractivity contribution in [2.75, 3.05) is 61.2 Å². The zero-order valence-corrected chi connectivity index (χ0v) is 103. The van der Waals surface area contributed by atoms with E-state index in [4.69, 9.17) is 79.1 Å². The van der Waals surface area contributed by atoms with Gasteiger partial charge in [-0.3, -0.25) is 24.0 Å². The number of halogens is 3. The molecule has 0 saturated heterocycles. The highest BCUT2D eigenvalue weighted by Gasteiger charge is 2.74. The fourth-order valence-electron chi connectivity index (χ4n) is 34.8. The van der Waals surface area contributed by atoms with Crippen molar-refractivity contribution >= 4 is 103 Å². The van der Waals surface area contributed by atoms with Crippen molar-refractivity contribution in [2.24, 2.45) is 205 Å². The molecule has 35 unspecified atom stereocenters. The van der Waals surface area contributed by atoms with E-state index < -0.39 is 39.8 Å². The Balaban J connectivity index is 0.000000152. The van der Waals surface area contributed by atoms with Gasteiger partial charge in [-0.25, -0.2) is 0 Å². The van der Waals surface area contributed by atoms with E-state index in [9.17, 15) is 24.0 Å². The fourth-order valence-corrected chi connectivity index (χ4v) is 38.9. The molecule has 0 aromatic carbocycles. The summed E-state index contributed by atoms with van der Waals surface area (Å²) < 4.78 is 60.5. The van der Waals surface area contributed by atoms with Crippen LogP contribution >= 0.6 is 33.2 Å². The first kappa shape index (κ1) is 118. The van der Waals surface area contributed by atoms with Gasteiger partial charge in [-0.1, -0.05) is 19.6 Å². The molecule has 20 fully saturated rings. The summed E-state index contributed by atoms with van der Waals surface area (Å²) in [5.74, 6) is 26.3. The minimum absolute atomic E-state index is 0.0822. The molecule has 20 aliphatic rings. The summed E-state index contributed by atoms with van der Waals surface area (Å²) in [6.07, 6.45) is 33.8. The van der Waals surface area contributed by atoms with E-state index in [-0.39, 0.29) is 84.9 Å². The lowest BCUT2D eigenvalue weighted by Crippen LogP contribution is -2.55. The number of hydrogen-bond donors (Lipinski definition) is 0. The van der Waals surface area contributed by atoms with Crippen LogP contribution in [0.2, 0.25) is 65.5 Å². The second-order valence-corrected chi connectivity index (χ2v) is 84.4. The van der Waals surface area contributed by atoms with Crippen LogP contribution in [0.4, 0.5) is 0 Å². The van der Waals surface area contributed by atoms with E-state index in [0.29, 0.717) is 49.4 Å². The molecule has 0 aliphatic heterocycles. The predicted molar refractivity (Wildman–Crippen MR) is 580 cm³/mol. The molecule has 17 nitrogen and oxygen atoms in total. The van der Waals surface area contributed by atoms with Crippen molar-refractivity contribution in [2.45, 2.75) is 427 Å². The van der Waals surface area contributed by atoms with Crippen molar-refractivity contribution < 1.29 is 69.8 Å². The van der Waals surface area contributed by atoms with Crippen molar-refractivity contribution in [1.29, 1.82) is 0 Å². The first-order valence-electron chi connectivity index (χ1n) is 56.4. The summed E-state index contributed by atoms with van der Waals surface area (Å²) in [4.78, 5) is 63.7. The second-order valence-electron chi connectivity index (χ2n) is 57.2. The maximum Gasteiger partial charge on any atom is 0.497 e. The molecule has 20 saturated carbocycles. The lowest BCUT2D eigenvalue weighted by molar-refractivity contribution is -0.174. The fraction of sp³-hybridized carbons (Fsp3) is 0.956. The number of carbonyl (C=O) groups excluding carboxylic acids is 5. The molecule has 20 rings (SSSR count). The highest BCUT2D eigenvalue weighted by molar-refractivity contribution is 7.44. The first-order valence-corrected chi connectivity index (χ1v) is 73.9. The lowest BCUT2D eigenvalue weighted by Gasteiger charge is -2.44. The van der Waals surface area contributed by atoms with Gasteiger partial charge in [-0.15, -0.1) is 22.2 Å². The SMILES string of the molecule is CC(C)(C)OC(=O)C1(C)CC2CC1C1C3CCC(C3)C21.CC(C)(C)OC(=O)C1(C)CC2CC1C1C3CCC(C3)C21.CC(C)(C)OC(=O)C1(C)CC2CC1C1C3CCC(C3)C21.CC(C)(C)OC(=O)C1(C)CC2CC1C1C3CCC(C3)C21.CC(C)(C)OC(=O)C1(C)CC2CC1C1C3CCC(C3)C21.CCO[Si](C)(C)OCC.CCO[Si](C)(OCC)OCC.CN(C)[Si](C)(C)N(C)C.C[Si](C)(C)Cl.C[Si](C)(Cl)Cl. The molecule has 35 atom stereocenters. The average Bonchev–Trinajstić information content (AvgIpc) is 1.56. The summed E-state index contributed by atoms with van der Waals surface area (Å²) in [5.41, 5.74) is -2.71. The largest absolute Gasteiger partial charge is 0.497 e. The van der Waals surface area contributed by atoms with Crippen LogP contribution in [0.3, 0.4) is 0 Å². The van der Waals surface area contributed by atoms with Gasteiger partial charge in [0.05, 0.1) is 27.1 Å². The van der Waals surface area contributed by atoms with Crippen molar-refractivity contribution in [3.63, 3.8) is 0 Å². The van der Waals surface area contributed by atoms with Crippen molar-refractivity contribution in [3.8, 4) is 0 Å². The Labute approximate surface area is 868 Å². The van der Waals surface area contributed by atoms with Crippen LogP contribution in [0.15, 0.2) is 0 Å². The quantitative estimate of drug-likeness (QED) is 0.0440. The third-order valence-electron chi connectivity index (χ3n) is 39.3. The zero-order chi connectivity index (χ0) is 104. The molecule has 0 aromatic heterocycles. The highest BCUT2D eigenvalue weighted by atomic mass is 35.7. The van der Waals surface area contributed by atoms with Crippen molar-refractivity contribution in [1.82, 2.24) is 9.13 Å². The Morgan fingerprint density at radius 1 is 0.266 bits per heavy atom. The number of nitrogens with zero attached hydrogens (tertiary/aromatic N) is 2. The van der Waals surface area contributed by atoms with E-state index >= 15 is 0 Å². The molecule has 0 spiro atoms. The van der Waals surface area contributed by atoms with Gasteiger partial charge in [0.25, 0.3) is 0 Å². The van der Waals surface area contributed by atoms with E-state index in [2.05, 4.69) is 118 Å². The number of carbonyl (C=O) groups is 5. The third-order valence-corrected chi connectivity index (χ3v) is 48.1. The molecule has 20 bridgehead atoms. The molecule has 0 aromatic rings. The van der Waals surface area contributed by atoms with E-state index in [1.54, 1.807) is 0 Å². The van der Waals surface area contributed by atoms with Gasteiger partial charge in [-0.2, -0.15) is 11.1 Å². The topological polar surface area (TPSA) is 184 Å². The third kappa shape index (κ3) is 26.7. The van der Waals surface area contributed by atoms with Gasteiger partial charge in [0.1, 0.15) is 35.4 Å². The maximum absolute atomic E-state index is 12.7. The van der Waals surface area contributed by atoms with Gasteiger partial charge in [0, 0.05) is 39.6 Å². The van der Waals surface area contributed by atoms with Crippen LogP contribution in [0.25, 0.3) is 0 Å². The molecular formula is C114H207Cl3N2O15Si5. The number of rotatable bonds is 17. The Morgan fingerprint density at radius 3 is 0.532 bits per heavy atom. The molecule has 0 radical (unpaired) electrons. The molecule has 804 valence electrons.